The lowest BCUT2D eigenvalue weighted by molar-refractivity contribution is 0.0141. The minimum Gasteiger partial charge on any atom is -0.381 e. The molecule has 0 bridgehead atoms. The van der Waals surface area contributed by atoms with E-state index >= 15 is 0 Å². The highest BCUT2D eigenvalue weighted by Gasteiger charge is 2.32. The van der Waals surface area contributed by atoms with Crippen molar-refractivity contribution in [3.8, 4) is 0 Å². The van der Waals surface area contributed by atoms with Gasteiger partial charge in [-0.3, -0.25) is 4.79 Å². The molecule has 2 N–H and O–H groups in total. The zero-order valence-corrected chi connectivity index (χ0v) is 11.7. The number of rotatable bonds is 3. The summed E-state index contributed by atoms with van der Waals surface area (Å²) in [6.07, 6.45) is 1.96. The molecular formula is C13H20N2O2S. The fraction of sp³-hybridized carbons (Fsp3) is 0.615. The Hall–Kier alpha value is -0.910. The van der Waals surface area contributed by atoms with Gasteiger partial charge < -0.3 is 15.4 Å². The molecule has 0 saturated carbocycles. The summed E-state index contributed by atoms with van der Waals surface area (Å²) in [6.45, 7) is 3.20. The van der Waals surface area contributed by atoms with Crippen LogP contribution in [0.3, 0.4) is 0 Å². The highest BCUT2D eigenvalue weighted by molar-refractivity contribution is 7.12. The molecule has 0 spiro atoms. The second-order valence-electron chi connectivity index (χ2n) is 4.70. The summed E-state index contributed by atoms with van der Waals surface area (Å²) in [5.74, 6) is 0.118. The van der Waals surface area contributed by atoms with Crippen molar-refractivity contribution in [3.05, 3.63) is 21.9 Å². The second-order valence-corrected chi connectivity index (χ2v) is 5.62. The van der Waals surface area contributed by atoms with Crippen LogP contribution < -0.4 is 5.73 Å². The van der Waals surface area contributed by atoms with Gasteiger partial charge in [0.05, 0.1) is 11.0 Å². The molecule has 1 aliphatic rings. The largest absolute Gasteiger partial charge is 0.381 e. The van der Waals surface area contributed by atoms with Crippen LogP contribution in [0.5, 0.6) is 0 Å². The van der Waals surface area contributed by atoms with E-state index in [9.17, 15) is 4.79 Å². The van der Waals surface area contributed by atoms with Gasteiger partial charge >= 0.3 is 0 Å². The van der Waals surface area contributed by atoms with Gasteiger partial charge in [0.25, 0.3) is 5.91 Å². The van der Waals surface area contributed by atoms with E-state index in [2.05, 4.69) is 0 Å². The van der Waals surface area contributed by atoms with Crippen LogP contribution in [0, 0.1) is 6.92 Å². The van der Waals surface area contributed by atoms with Crippen LogP contribution in [0.2, 0.25) is 0 Å². The third kappa shape index (κ3) is 2.58. The molecule has 4 nitrogen and oxygen atoms in total. The number of methoxy groups -OCH3 is 1. The van der Waals surface area contributed by atoms with Crippen molar-refractivity contribution in [2.75, 3.05) is 20.2 Å². The minimum atomic E-state index is 0.0951. The summed E-state index contributed by atoms with van der Waals surface area (Å²) in [5, 5.41) is 1.96. The number of carbonyl (C=O) groups excluding carboxylic acids is 1. The molecule has 1 aliphatic heterocycles. The fourth-order valence-corrected chi connectivity index (χ4v) is 3.32. The summed E-state index contributed by atoms with van der Waals surface area (Å²) in [4.78, 5) is 15.2. The van der Waals surface area contributed by atoms with Crippen molar-refractivity contribution < 1.29 is 9.53 Å². The van der Waals surface area contributed by atoms with E-state index in [-0.39, 0.29) is 18.1 Å². The molecule has 5 heteroatoms. The zero-order chi connectivity index (χ0) is 13.1. The van der Waals surface area contributed by atoms with Gasteiger partial charge in [-0.1, -0.05) is 0 Å². The number of amides is 1. The number of hydrogen-bond acceptors (Lipinski definition) is 4. The molecule has 100 valence electrons. The molecule has 0 aromatic carbocycles. The van der Waals surface area contributed by atoms with Gasteiger partial charge in [0.1, 0.15) is 0 Å². The first kappa shape index (κ1) is 13.5. The summed E-state index contributed by atoms with van der Waals surface area (Å²) in [7, 11) is 1.72. The Balaban J connectivity index is 2.13. The number of thiophene rings is 1. The summed E-state index contributed by atoms with van der Waals surface area (Å²) >= 11 is 1.51. The number of hydrogen-bond donors (Lipinski definition) is 1. The highest BCUT2D eigenvalue weighted by atomic mass is 32.1. The molecule has 2 rings (SSSR count). The maximum Gasteiger partial charge on any atom is 0.264 e. The normalized spacial score (nSPS) is 24.3. The lowest BCUT2D eigenvalue weighted by Crippen LogP contribution is -2.51. The van der Waals surface area contributed by atoms with Crippen LogP contribution in [-0.4, -0.2) is 43.2 Å². The van der Waals surface area contributed by atoms with E-state index < -0.39 is 0 Å². The van der Waals surface area contributed by atoms with Gasteiger partial charge in [0.15, 0.2) is 0 Å². The maximum atomic E-state index is 12.5. The fourth-order valence-electron chi connectivity index (χ4n) is 2.44. The monoisotopic (exact) mass is 268 g/mol. The van der Waals surface area contributed by atoms with Crippen LogP contribution in [0.25, 0.3) is 0 Å². The van der Waals surface area contributed by atoms with Crippen LogP contribution >= 0.6 is 11.3 Å². The Labute approximate surface area is 112 Å². The molecule has 1 saturated heterocycles. The Morgan fingerprint density at radius 2 is 2.44 bits per heavy atom. The quantitative estimate of drug-likeness (QED) is 0.906. The van der Waals surface area contributed by atoms with Crippen molar-refractivity contribution in [1.29, 1.82) is 0 Å². The Kier molecular flexibility index (Phi) is 4.37. The number of carbonyl (C=O) groups is 1. The van der Waals surface area contributed by atoms with E-state index in [1.165, 1.54) is 11.3 Å². The van der Waals surface area contributed by atoms with E-state index in [1.807, 2.05) is 23.3 Å². The molecule has 2 atom stereocenters. The zero-order valence-electron chi connectivity index (χ0n) is 10.9. The number of likely N-dealkylation sites (tertiary alicyclic amines) is 1. The average Bonchev–Trinajstić information content (AvgIpc) is 2.83. The number of nitrogens with zero attached hydrogens (tertiary/aromatic N) is 1. The van der Waals surface area contributed by atoms with Crippen molar-refractivity contribution in [3.63, 3.8) is 0 Å². The third-order valence-electron chi connectivity index (χ3n) is 3.59. The van der Waals surface area contributed by atoms with Gasteiger partial charge in [-0.05, 0) is 36.8 Å². The van der Waals surface area contributed by atoms with Crippen molar-refractivity contribution in [2.24, 2.45) is 5.73 Å². The topological polar surface area (TPSA) is 55.6 Å². The Bertz CT molecular complexity index is 419. The lowest BCUT2D eigenvalue weighted by atomic mass is 9.99. The number of ether oxygens (including phenoxy) is 1. The molecule has 1 aromatic heterocycles. The average molecular weight is 268 g/mol. The molecule has 1 amide bonds. The van der Waals surface area contributed by atoms with E-state index in [1.54, 1.807) is 7.11 Å². The van der Waals surface area contributed by atoms with Crippen molar-refractivity contribution in [2.45, 2.75) is 31.9 Å². The molecular weight excluding hydrogens is 248 g/mol. The molecule has 1 aromatic rings. The minimum absolute atomic E-state index is 0.0951. The summed E-state index contributed by atoms with van der Waals surface area (Å²) in [5.41, 5.74) is 6.84. The molecule has 0 aliphatic carbocycles. The van der Waals surface area contributed by atoms with Gasteiger partial charge in [0, 0.05) is 26.2 Å². The number of piperidine rings is 1. The highest BCUT2D eigenvalue weighted by Crippen LogP contribution is 2.24. The van der Waals surface area contributed by atoms with E-state index in [4.69, 9.17) is 10.5 Å². The first-order chi connectivity index (χ1) is 8.67. The van der Waals surface area contributed by atoms with E-state index in [0.717, 1.165) is 29.8 Å². The van der Waals surface area contributed by atoms with Gasteiger partial charge in [-0.25, -0.2) is 0 Å². The smallest absolute Gasteiger partial charge is 0.264 e. The molecule has 18 heavy (non-hydrogen) atoms. The maximum absolute atomic E-state index is 12.5. The third-order valence-corrected chi connectivity index (χ3v) is 4.59. The molecule has 2 heterocycles. The lowest BCUT2D eigenvalue weighted by Gasteiger charge is -2.38. The molecule has 0 radical (unpaired) electrons. The Morgan fingerprint density at radius 3 is 3.00 bits per heavy atom. The SMILES string of the molecule is COC1CCN(C(=O)c2sccc2C)C(CN)C1. The van der Waals surface area contributed by atoms with Crippen LogP contribution in [0.15, 0.2) is 11.4 Å². The van der Waals surface area contributed by atoms with Crippen molar-refractivity contribution in [1.82, 2.24) is 4.90 Å². The van der Waals surface area contributed by atoms with Crippen molar-refractivity contribution >= 4 is 17.2 Å². The first-order valence-electron chi connectivity index (χ1n) is 6.25. The van der Waals surface area contributed by atoms with Gasteiger partial charge in [-0.2, -0.15) is 0 Å². The standard InChI is InChI=1S/C13H20N2O2S/c1-9-4-6-18-12(9)13(16)15-5-3-11(17-2)7-10(15)8-14/h4,6,10-11H,3,5,7-8,14H2,1-2H3. The predicted octanol–water partition coefficient (Wildman–Crippen LogP) is 1.63. The van der Waals surface area contributed by atoms with Crippen LogP contribution in [0.1, 0.15) is 28.1 Å². The van der Waals surface area contributed by atoms with Gasteiger partial charge in [0.2, 0.25) is 0 Å². The van der Waals surface area contributed by atoms with E-state index in [0.29, 0.717) is 6.54 Å². The summed E-state index contributed by atoms with van der Waals surface area (Å²) < 4.78 is 5.37. The first-order valence-corrected chi connectivity index (χ1v) is 7.13. The van der Waals surface area contributed by atoms with Gasteiger partial charge in [-0.15, -0.1) is 11.3 Å². The molecule has 1 fully saturated rings. The second kappa shape index (κ2) is 5.82. The van der Waals surface area contributed by atoms with Crippen LogP contribution in [0.4, 0.5) is 0 Å². The van der Waals surface area contributed by atoms with Crippen LogP contribution in [-0.2, 0) is 4.74 Å². The number of nitrogens with two attached hydrogens (primary N) is 1. The summed E-state index contributed by atoms with van der Waals surface area (Å²) in [6, 6.07) is 2.08. The number of aryl methyl sites for hydroxylation is 1. The Morgan fingerprint density at radius 1 is 1.67 bits per heavy atom. The predicted molar refractivity (Wildman–Crippen MR) is 73.0 cm³/mol. The molecule has 2 unspecified atom stereocenters.